The number of aromatic nitrogens is 1. The summed E-state index contributed by atoms with van der Waals surface area (Å²) in [6.45, 7) is 0.749. The highest BCUT2D eigenvalue weighted by Crippen LogP contribution is 2.51. The monoisotopic (exact) mass is 434 g/mol. The number of hydrogen-bond acceptors (Lipinski definition) is 2. The molecule has 0 aliphatic carbocycles. The molecule has 4 aromatic rings. The molecule has 0 saturated heterocycles. The molecule has 0 bridgehead atoms. The van der Waals surface area contributed by atoms with Crippen molar-refractivity contribution in [2.45, 2.75) is 22.8 Å². The number of aromatic amines is 1. The Kier molecular flexibility index (Phi) is 4.24. The van der Waals surface area contributed by atoms with Gasteiger partial charge < -0.3 is 10.3 Å². The SMILES string of the molecule is Fc1ccc2c(c1)[C@]1(CCS2)NC[C@H](c2ccccc2Cl)c2c1[nH]c1ccccc21. The van der Waals surface area contributed by atoms with E-state index in [-0.39, 0.29) is 11.7 Å². The number of hydrogen-bond donors (Lipinski definition) is 2. The molecule has 0 radical (unpaired) electrons. The standard InChI is InChI=1S/C25H20ClFN2S/c26-20-7-3-1-5-16(20)18-14-28-25(11-12-30-22-10-9-15(27)13-19(22)25)24-23(18)17-6-2-4-8-21(17)29-24/h1-10,13,18,28-29H,11-12,14H2/t18-,25+/m1/s1. The van der Waals surface area contributed by atoms with Crippen molar-refractivity contribution in [1.29, 1.82) is 0 Å². The topological polar surface area (TPSA) is 27.8 Å². The molecule has 0 saturated carbocycles. The largest absolute Gasteiger partial charge is 0.356 e. The van der Waals surface area contributed by atoms with Crippen molar-refractivity contribution in [3.63, 3.8) is 0 Å². The first-order valence-corrected chi connectivity index (χ1v) is 11.6. The van der Waals surface area contributed by atoms with Crippen LogP contribution in [0.4, 0.5) is 4.39 Å². The summed E-state index contributed by atoms with van der Waals surface area (Å²) in [4.78, 5) is 4.87. The van der Waals surface area contributed by atoms with Crippen LogP contribution in [0.2, 0.25) is 5.02 Å². The smallest absolute Gasteiger partial charge is 0.123 e. The van der Waals surface area contributed by atoms with Crippen LogP contribution >= 0.6 is 23.4 Å². The summed E-state index contributed by atoms with van der Waals surface area (Å²) >= 11 is 8.44. The van der Waals surface area contributed by atoms with E-state index in [1.54, 1.807) is 23.9 Å². The molecule has 3 heterocycles. The molecular formula is C25H20ClFN2S. The van der Waals surface area contributed by atoms with E-state index in [9.17, 15) is 4.39 Å². The highest BCUT2D eigenvalue weighted by Gasteiger charge is 2.46. The average Bonchev–Trinajstić information content (AvgIpc) is 3.16. The van der Waals surface area contributed by atoms with Crippen LogP contribution in [0.5, 0.6) is 0 Å². The lowest BCUT2D eigenvalue weighted by molar-refractivity contribution is 0.339. The highest BCUT2D eigenvalue weighted by atomic mass is 35.5. The minimum Gasteiger partial charge on any atom is -0.356 e. The molecule has 1 spiro atoms. The first-order valence-electron chi connectivity index (χ1n) is 10.2. The number of thioether (sulfide) groups is 1. The lowest BCUT2D eigenvalue weighted by Gasteiger charge is -2.45. The number of rotatable bonds is 1. The second-order valence-corrected chi connectivity index (χ2v) is 9.60. The summed E-state index contributed by atoms with van der Waals surface area (Å²) in [7, 11) is 0. The minimum absolute atomic E-state index is 0.127. The number of benzene rings is 3. The molecule has 6 rings (SSSR count). The summed E-state index contributed by atoms with van der Waals surface area (Å²) < 4.78 is 14.3. The van der Waals surface area contributed by atoms with Crippen LogP contribution < -0.4 is 5.32 Å². The molecule has 5 heteroatoms. The third kappa shape index (κ3) is 2.60. The molecule has 2 atom stereocenters. The maximum Gasteiger partial charge on any atom is 0.123 e. The normalized spacial score (nSPS) is 22.8. The van der Waals surface area contributed by atoms with Crippen molar-refractivity contribution in [2.24, 2.45) is 0 Å². The van der Waals surface area contributed by atoms with E-state index in [0.717, 1.165) is 51.0 Å². The Morgan fingerprint density at radius 1 is 1.03 bits per heavy atom. The van der Waals surface area contributed by atoms with Gasteiger partial charge in [-0.25, -0.2) is 4.39 Å². The average molecular weight is 435 g/mol. The predicted octanol–water partition coefficient (Wildman–Crippen LogP) is 6.43. The summed E-state index contributed by atoms with van der Waals surface area (Å²) in [5.41, 5.74) is 5.26. The molecule has 30 heavy (non-hydrogen) atoms. The van der Waals surface area contributed by atoms with Crippen LogP contribution in [0.1, 0.15) is 34.7 Å². The molecule has 2 aliphatic rings. The van der Waals surface area contributed by atoms with E-state index in [4.69, 9.17) is 11.6 Å². The zero-order valence-corrected chi connectivity index (χ0v) is 17.8. The Morgan fingerprint density at radius 2 is 1.87 bits per heavy atom. The molecule has 0 unspecified atom stereocenters. The van der Waals surface area contributed by atoms with Gasteiger partial charge >= 0.3 is 0 Å². The zero-order chi connectivity index (χ0) is 20.3. The van der Waals surface area contributed by atoms with Crippen molar-refractivity contribution in [3.8, 4) is 0 Å². The van der Waals surface area contributed by atoms with Gasteiger partial charge in [-0.1, -0.05) is 48.0 Å². The Hall–Kier alpha value is -2.27. The van der Waals surface area contributed by atoms with Gasteiger partial charge in [0, 0.05) is 44.7 Å². The Labute approximate surface area is 183 Å². The summed E-state index contributed by atoms with van der Waals surface area (Å²) in [6, 6.07) is 21.7. The van der Waals surface area contributed by atoms with Crippen LogP contribution in [-0.4, -0.2) is 17.3 Å². The van der Waals surface area contributed by atoms with Gasteiger partial charge in [-0.05, 0) is 53.4 Å². The molecular weight excluding hydrogens is 415 g/mol. The third-order valence-corrected chi connectivity index (χ3v) is 7.97. The van der Waals surface area contributed by atoms with E-state index in [2.05, 4.69) is 40.6 Å². The van der Waals surface area contributed by atoms with E-state index < -0.39 is 5.54 Å². The van der Waals surface area contributed by atoms with Gasteiger partial charge in [0.1, 0.15) is 5.82 Å². The predicted molar refractivity (Wildman–Crippen MR) is 122 cm³/mol. The van der Waals surface area contributed by atoms with Crippen LogP contribution in [-0.2, 0) is 5.54 Å². The van der Waals surface area contributed by atoms with Crippen molar-refractivity contribution in [3.05, 3.63) is 100.0 Å². The Balaban J connectivity index is 1.65. The summed E-state index contributed by atoms with van der Waals surface area (Å²) in [5.74, 6) is 0.919. The van der Waals surface area contributed by atoms with Crippen molar-refractivity contribution >= 4 is 34.3 Å². The van der Waals surface area contributed by atoms with Gasteiger partial charge in [-0.3, -0.25) is 0 Å². The van der Waals surface area contributed by atoms with Gasteiger partial charge in [-0.2, -0.15) is 0 Å². The molecule has 0 fully saturated rings. The van der Waals surface area contributed by atoms with E-state index in [1.807, 2.05) is 24.3 Å². The highest BCUT2D eigenvalue weighted by molar-refractivity contribution is 7.99. The quantitative estimate of drug-likeness (QED) is 0.361. The molecule has 1 aromatic heterocycles. The number of halogens is 2. The fraction of sp³-hybridized carbons (Fsp3) is 0.200. The fourth-order valence-corrected chi connectivity index (χ4v) is 6.65. The number of nitrogens with one attached hydrogen (secondary N) is 2. The molecule has 0 amide bonds. The zero-order valence-electron chi connectivity index (χ0n) is 16.2. The van der Waals surface area contributed by atoms with E-state index in [1.165, 1.54) is 10.9 Å². The van der Waals surface area contributed by atoms with Crippen LogP contribution in [0.15, 0.2) is 71.6 Å². The first-order chi connectivity index (χ1) is 14.7. The molecule has 2 N–H and O–H groups in total. The third-order valence-electron chi connectivity index (χ3n) is 6.55. The van der Waals surface area contributed by atoms with E-state index >= 15 is 0 Å². The maximum absolute atomic E-state index is 14.3. The second-order valence-electron chi connectivity index (χ2n) is 8.06. The van der Waals surface area contributed by atoms with E-state index in [0.29, 0.717) is 0 Å². The van der Waals surface area contributed by atoms with Crippen molar-refractivity contribution < 1.29 is 4.39 Å². The van der Waals surface area contributed by atoms with Crippen LogP contribution in [0.3, 0.4) is 0 Å². The molecule has 3 aromatic carbocycles. The lowest BCUT2D eigenvalue weighted by Crippen LogP contribution is -2.51. The van der Waals surface area contributed by atoms with Gasteiger partial charge in [0.05, 0.1) is 5.54 Å². The summed E-state index contributed by atoms with van der Waals surface area (Å²) in [6.07, 6.45) is 0.906. The lowest BCUT2D eigenvalue weighted by atomic mass is 9.74. The number of H-pyrrole nitrogens is 1. The number of fused-ring (bicyclic) bond motifs is 6. The van der Waals surface area contributed by atoms with Crippen molar-refractivity contribution in [2.75, 3.05) is 12.3 Å². The molecule has 2 nitrogen and oxygen atoms in total. The number of para-hydroxylation sites is 1. The molecule has 2 aliphatic heterocycles. The Morgan fingerprint density at radius 3 is 2.77 bits per heavy atom. The van der Waals surface area contributed by atoms with Crippen LogP contribution in [0.25, 0.3) is 10.9 Å². The summed E-state index contributed by atoms with van der Waals surface area (Å²) in [5, 5.41) is 5.84. The Bertz CT molecular complexity index is 1280. The van der Waals surface area contributed by atoms with Gasteiger partial charge in [0.2, 0.25) is 0 Å². The van der Waals surface area contributed by atoms with Gasteiger partial charge in [0.25, 0.3) is 0 Å². The van der Waals surface area contributed by atoms with Gasteiger partial charge in [-0.15, -0.1) is 11.8 Å². The fourth-order valence-electron chi connectivity index (χ4n) is 5.21. The van der Waals surface area contributed by atoms with Crippen LogP contribution in [0, 0.1) is 5.82 Å². The van der Waals surface area contributed by atoms with Crippen molar-refractivity contribution in [1.82, 2.24) is 10.3 Å². The minimum atomic E-state index is -0.422. The first kappa shape index (κ1) is 18.5. The van der Waals surface area contributed by atoms with Gasteiger partial charge in [0.15, 0.2) is 0 Å². The molecule has 150 valence electrons. The maximum atomic E-state index is 14.3. The second kappa shape index (κ2) is 6.88.